The zero-order chi connectivity index (χ0) is 16.8. The molecule has 0 aliphatic heterocycles. The molecule has 6 heteroatoms. The highest BCUT2D eigenvalue weighted by Crippen LogP contribution is 2.17. The van der Waals surface area contributed by atoms with Crippen LogP contribution in [-0.4, -0.2) is 22.1 Å². The molecule has 3 aromatic rings. The molecule has 0 radical (unpaired) electrons. The van der Waals surface area contributed by atoms with Crippen molar-refractivity contribution in [2.24, 2.45) is 0 Å². The lowest BCUT2D eigenvalue weighted by atomic mass is 10.0. The second kappa shape index (κ2) is 7.41. The molecule has 0 aliphatic rings. The highest BCUT2D eigenvalue weighted by molar-refractivity contribution is 5.86. The Kier molecular flexibility index (Phi) is 4.86. The fourth-order valence-electron chi connectivity index (χ4n) is 2.52. The fraction of sp³-hybridized carbons (Fsp3) is 0.167. The highest BCUT2D eigenvalue weighted by atomic mass is 16.2. The molecular formula is C18H18N4O2. The second-order valence-corrected chi connectivity index (χ2v) is 5.36. The Hall–Kier alpha value is -3.15. The smallest absolute Gasteiger partial charge is 0.315 e. The van der Waals surface area contributed by atoms with Crippen LogP contribution in [0.25, 0.3) is 10.8 Å². The largest absolute Gasteiger partial charge is 0.336 e. The van der Waals surface area contributed by atoms with E-state index in [1.807, 2.05) is 42.5 Å². The number of rotatable bonds is 5. The Morgan fingerprint density at radius 3 is 2.75 bits per heavy atom. The second-order valence-electron chi connectivity index (χ2n) is 5.36. The van der Waals surface area contributed by atoms with Gasteiger partial charge in [0.1, 0.15) is 0 Å². The Morgan fingerprint density at radius 2 is 1.88 bits per heavy atom. The average Bonchev–Trinajstić information content (AvgIpc) is 2.61. The molecule has 1 heterocycles. The number of carbonyl (C=O) groups excluding carboxylic acids is 1. The third-order valence-electron chi connectivity index (χ3n) is 3.75. The summed E-state index contributed by atoms with van der Waals surface area (Å²) in [6, 6.07) is 15.2. The molecule has 0 fully saturated rings. The first-order chi connectivity index (χ1) is 11.7. The Bertz CT molecular complexity index is 899. The third kappa shape index (κ3) is 3.78. The highest BCUT2D eigenvalue weighted by Gasteiger charge is 2.03. The van der Waals surface area contributed by atoms with Crippen molar-refractivity contribution in [3.8, 4) is 0 Å². The topological polar surface area (TPSA) is 76.0 Å². The van der Waals surface area contributed by atoms with E-state index in [9.17, 15) is 9.59 Å². The van der Waals surface area contributed by atoms with Crippen LogP contribution in [0.4, 0.5) is 4.79 Å². The number of hydrogen-bond donors (Lipinski definition) is 2. The predicted molar refractivity (Wildman–Crippen MR) is 92.7 cm³/mol. The molecule has 0 saturated carbocycles. The lowest BCUT2D eigenvalue weighted by molar-refractivity contribution is 0.240. The molecule has 0 unspecified atom stereocenters. The summed E-state index contributed by atoms with van der Waals surface area (Å²) in [6.45, 7) is 1.18. The summed E-state index contributed by atoms with van der Waals surface area (Å²) in [5.41, 5.74) is 0.926. The quantitative estimate of drug-likeness (QED) is 0.753. The number of benzene rings is 2. The lowest BCUT2D eigenvalue weighted by Gasteiger charge is -2.10. The van der Waals surface area contributed by atoms with Gasteiger partial charge in [-0.15, -0.1) is 0 Å². The Labute approximate surface area is 139 Å². The van der Waals surface area contributed by atoms with Gasteiger partial charge in [0.25, 0.3) is 5.56 Å². The van der Waals surface area contributed by atoms with Gasteiger partial charge in [0.05, 0.1) is 6.33 Å². The average molecular weight is 322 g/mol. The van der Waals surface area contributed by atoms with Crippen LogP contribution in [0.15, 0.2) is 65.8 Å². The van der Waals surface area contributed by atoms with Crippen LogP contribution < -0.4 is 16.2 Å². The van der Waals surface area contributed by atoms with Crippen LogP contribution in [0.2, 0.25) is 0 Å². The normalized spacial score (nSPS) is 10.5. The van der Waals surface area contributed by atoms with E-state index in [1.54, 1.807) is 0 Å². The summed E-state index contributed by atoms with van der Waals surface area (Å²) in [5.74, 6) is 0. The molecule has 3 rings (SSSR count). The van der Waals surface area contributed by atoms with E-state index in [0.717, 1.165) is 16.3 Å². The minimum absolute atomic E-state index is 0.136. The zero-order valence-electron chi connectivity index (χ0n) is 13.1. The molecule has 24 heavy (non-hydrogen) atoms. The first-order valence-electron chi connectivity index (χ1n) is 7.73. The molecule has 2 aromatic carbocycles. The summed E-state index contributed by atoms with van der Waals surface area (Å²) >= 11 is 0. The molecule has 0 saturated heterocycles. The minimum atomic E-state index is -0.264. The summed E-state index contributed by atoms with van der Waals surface area (Å²) < 4.78 is 1.45. The molecule has 0 atom stereocenters. The SMILES string of the molecule is O=C(NCCn1cnccc1=O)NCc1cccc2ccccc12. The van der Waals surface area contributed by atoms with Crippen LogP contribution in [-0.2, 0) is 13.1 Å². The lowest BCUT2D eigenvalue weighted by Crippen LogP contribution is -2.37. The molecule has 2 N–H and O–H groups in total. The van der Waals surface area contributed by atoms with E-state index in [-0.39, 0.29) is 11.6 Å². The van der Waals surface area contributed by atoms with Crippen LogP contribution >= 0.6 is 0 Å². The molecule has 6 nitrogen and oxygen atoms in total. The van der Waals surface area contributed by atoms with Crippen molar-refractivity contribution < 1.29 is 4.79 Å². The van der Waals surface area contributed by atoms with Crippen molar-refractivity contribution in [3.05, 3.63) is 77.0 Å². The molecule has 0 spiro atoms. The van der Waals surface area contributed by atoms with Crippen molar-refractivity contribution in [2.75, 3.05) is 6.54 Å². The zero-order valence-corrected chi connectivity index (χ0v) is 13.1. The number of aromatic nitrogens is 2. The van der Waals surface area contributed by atoms with Crippen LogP contribution in [0.3, 0.4) is 0 Å². The maximum Gasteiger partial charge on any atom is 0.315 e. The minimum Gasteiger partial charge on any atom is -0.336 e. The van der Waals surface area contributed by atoms with Gasteiger partial charge in [-0.1, -0.05) is 42.5 Å². The van der Waals surface area contributed by atoms with Gasteiger partial charge in [-0.25, -0.2) is 9.78 Å². The van der Waals surface area contributed by atoms with E-state index >= 15 is 0 Å². The van der Waals surface area contributed by atoms with Gasteiger partial charge < -0.3 is 10.6 Å². The fourth-order valence-corrected chi connectivity index (χ4v) is 2.52. The van der Waals surface area contributed by atoms with E-state index in [1.165, 1.54) is 23.2 Å². The summed E-state index contributed by atoms with van der Waals surface area (Å²) in [4.78, 5) is 27.3. The first-order valence-corrected chi connectivity index (χ1v) is 7.73. The summed E-state index contributed by atoms with van der Waals surface area (Å²) in [5, 5.41) is 7.85. The van der Waals surface area contributed by atoms with Gasteiger partial charge in [0.15, 0.2) is 0 Å². The number of carbonyl (C=O) groups is 1. The molecule has 0 aliphatic carbocycles. The maximum atomic E-state index is 11.9. The Morgan fingerprint density at radius 1 is 1.04 bits per heavy atom. The molecular weight excluding hydrogens is 304 g/mol. The van der Waals surface area contributed by atoms with Crippen LogP contribution in [0, 0.1) is 0 Å². The monoisotopic (exact) mass is 322 g/mol. The molecule has 1 aromatic heterocycles. The van der Waals surface area contributed by atoms with Crippen molar-refractivity contribution in [3.63, 3.8) is 0 Å². The van der Waals surface area contributed by atoms with Crippen LogP contribution in [0.1, 0.15) is 5.56 Å². The van der Waals surface area contributed by atoms with E-state index in [2.05, 4.69) is 15.6 Å². The number of amides is 2. The van der Waals surface area contributed by atoms with Crippen molar-refractivity contribution in [1.29, 1.82) is 0 Å². The number of fused-ring (bicyclic) bond motifs is 1. The molecule has 122 valence electrons. The van der Waals surface area contributed by atoms with Crippen molar-refractivity contribution in [1.82, 2.24) is 20.2 Å². The van der Waals surface area contributed by atoms with Gasteiger partial charge in [-0.2, -0.15) is 0 Å². The van der Waals surface area contributed by atoms with Gasteiger partial charge in [0, 0.05) is 31.9 Å². The summed E-state index contributed by atoms with van der Waals surface area (Å²) in [6.07, 6.45) is 2.90. The van der Waals surface area contributed by atoms with E-state index < -0.39 is 0 Å². The number of hydrogen-bond acceptors (Lipinski definition) is 3. The van der Waals surface area contributed by atoms with Crippen molar-refractivity contribution >= 4 is 16.8 Å². The van der Waals surface area contributed by atoms with E-state index in [0.29, 0.717) is 19.6 Å². The maximum absolute atomic E-state index is 11.9. The predicted octanol–water partition coefficient (Wildman–Crippen LogP) is 1.90. The molecule has 0 bridgehead atoms. The van der Waals surface area contributed by atoms with E-state index in [4.69, 9.17) is 0 Å². The first kappa shape index (κ1) is 15.7. The van der Waals surface area contributed by atoms with Gasteiger partial charge in [0.2, 0.25) is 0 Å². The number of nitrogens with zero attached hydrogens (tertiary/aromatic N) is 2. The standard InChI is InChI=1S/C18H18N4O2/c23-17-8-9-19-13-22(17)11-10-20-18(24)21-12-15-6-3-5-14-4-1-2-7-16(14)15/h1-9,13H,10-12H2,(H2,20,21,24). The van der Waals surface area contributed by atoms with Crippen molar-refractivity contribution in [2.45, 2.75) is 13.1 Å². The van der Waals surface area contributed by atoms with Gasteiger partial charge in [-0.05, 0) is 16.3 Å². The van der Waals surface area contributed by atoms with Crippen LogP contribution in [0.5, 0.6) is 0 Å². The third-order valence-corrected chi connectivity index (χ3v) is 3.75. The number of nitrogens with one attached hydrogen (secondary N) is 2. The summed E-state index contributed by atoms with van der Waals surface area (Å²) in [7, 11) is 0. The number of urea groups is 1. The molecule has 2 amide bonds. The van der Waals surface area contributed by atoms with Gasteiger partial charge >= 0.3 is 6.03 Å². The Balaban J connectivity index is 1.52. The van der Waals surface area contributed by atoms with Gasteiger partial charge in [-0.3, -0.25) is 9.36 Å².